The second kappa shape index (κ2) is 8.21. The smallest absolute Gasteiger partial charge is 0.261 e. The van der Waals surface area contributed by atoms with Gasteiger partial charge in [-0.3, -0.25) is 14.3 Å². The summed E-state index contributed by atoms with van der Waals surface area (Å²) in [6.07, 6.45) is 7.73. The maximum Gasteiger partial charge on any atom is 0.261 e. The van der Waals surface area contributed by atoms with Crippen molar-refractivity contribution in [1.29, 1.82) is 0 Å². The fourth-order valence-corrected chi connectivity index (χ4v) is 4.39. The molecule has 1 N–H and O–H groups in total. The minimum atomic E-state index is -0.380. The molecule has 2 atom stereocenters. The first-order valence-corrected chi connectivity index (χ1v) is 10.7. The van der Waals surface area contributed by atoms with Crippen LogP contribution in [0.2, 0.25) is 5.02 Å². The molecule has 1 aliphatic rings. The van der Waals surface area contributed by atoms with Crippen LogP contribution >= 0.6 is 11.6 Å². The second-order valence-corrected chi connectivity index (χ2v) is 8.37. The average Bonchev–Trinajstić information content (AvgIpc) is 2.80. The van der Waals surface area contributed by atoms with Crippen LogP contribution in [0.15, 0.2) is 66.0 Å². The number of benzene rings is 1. The van der Waals surface area contributed by atoms with Crippen LogP contribution in [0.1, 0.15) is 31.7 Å². The maximum atomic E-state index is 13.5. The predicted molar refractivity (Wildman–Crippen MR) is 121 cm³/mol. The van der Waals surface area contributed by atoms with Gasteiger partial charge in [0.15, 0.2) is 0 Å². The fourth-order valence-electron chi connectivity index (χ4n) is 4.27. The van der Waals surface area contributed by atoms with Gasteiger partial charge >= 0.3 is 0 Å². The minimum Gasteiger partial charge on any atom is -0.393 e. The Hall–Kier alpha value is -3.09. The number of rotatable bonds is 3. The first-order chi connectivity index (χ1) is 15.1. The molecule has 31 heavy (non-hydrogen) atoms. The van der Waals surface area contributed by atoms with Crippen molar-refractivity contribution in [3.8, 4) is 22.5 Å². The zero-order valence-corrected chi connectivity index (χ0v) is 17.5. The molecule has 0 aliphatic heterocycles. The van der Waals surface area contributed by atoms with Crippen LogP contribution in [0.3, 0.4) is 0 Å². The van der Waals surface area contributed by atoms with E-state index in [1.54, 1.807) is 41.5 Å². The molecule has 0 saturated heterocycles. The van der Waals surface area contributed by atoms with E-state index in [4.69, 9.17) is 16.6 Å². The third-order valence-corrected chi connectivity index (χ3v) is 6.11. The van der Waals surface area contributed by atoms with E-state index in [1.807, 2.05) is 24.3 Å². The summed E-state index contributed by atoms with van der Waals surface area (Å²) >= 11 is 6.05. The lowest BCUT2D eigenvalue weighted by Gasteiger charge is -2.27. The van der Waals surface area contributed by atoms with Crippen molar-refractivity contribution in [1.82, 2.24) is 19.5 Å². The largest absolute Gasteiger partial charge is 0.393 e. The Morgan fingerprint density at radius 3 is 2.68 bits per heavy atom. The summed E-state index contributed by atoms with van der Waals surface area (Å²) in [4.78, 5) is 27.2. The standard InChI is InChI=1S/C24H21ClN4O2/c25-17-8-6-15(7-9-17)21-12-20-23(22(28-21)16-3-2-10-26-13-16)27-14-29(24(20)31)18-4-1-5-19(30)11-18/h2-3,6-10,12-14,18-19,30H,1,4-5,11H2. The van der Waals surface area contributed by atoms with Gasteiger partial charge in [-0.15, -0.1) is 0 Å². The van der Waals surface area contributed by atoms with Gasteiger partial charge in [-0.1, -0.05) is 23.7 Å². The lowest BCUT2D eigenvalue weighted by atomic mass is 9.93. The average molecular weight is 433 g/mol. The van der Waals surface area contributed by atoms with Crippen LogP contribution in [0.4, 0.5) is 0 Å². The first-order valence-electron chi connectivity index (χ1n) is 10.4. The van der Waals surface area contributed by atoms with Crippen molar-refractivity contribution in [2.24, 2.45) is 0 Å². The van der Waals surface area contributed by atoms with Crippen molar-refractivity contribution in [3.05, 3.63) is 76.6 Å². The van der Waals surface area contributed by atoms with Crippen LogP contribution in [0.25, 0.3) is 33.4 Å². The Balaban J connectivity index is 1.74. The normalized spacial score (nSPS) is 18.9. The van der Waals surface area contributed by atoms with Gasteiger partial charge in [0.1, 0.15) is 5.52 Å². The highest BCUT2D eigenvalue weighted by molar-refractivity contribution is 6.30. The van der Waals surface area contributed by atoms with E-state index in [9.17, 15) is 9.90 Å². The molecule has 5 rings (SSSR count). The molecule has 3 aromatic heterocycles. The van der Waals surface area contributed by atoms with E-state index in [0.717, 1.165) is 30.4 Å². The van der Waals surface area contributed by atoms with Gasteiger partial charge in [0.2, 0.25) is 0 Å². The molecule has 1 aromatic carbocycles. The van der Waals surface area contributed by atoms with E-state index in [0.29, 0.717) is 33.7 Å². The van der Waals surface area contributed by atoms with Crippen molar-refractivity contribution in [3.63, 3.8) is 0 Å². The third-order valence-electron chi connectivity index (χ3n) is 5.86. The number of aliphatic hydroxyl groups is 1. The highest BCUT2D eigenvalue weighted by atomic mass is 35.5. The quantitative estimate of drug-likeness (QED) is 0.509. The molecule has 0 bridgehead atoms. The summed E-state index contributed by atoms with van der Waals surface area (Å²) in [6.45, 7) is 0. The van der Waals surface area contributed by atoms with E-state index in [-0.39, 0.29) is 17.7 Å². The van der Waals surface area contributed by atoms with Gasteiger partial charge in [-0.05, 0) is 56.0 Å². The van der Waals surface area contributed by atoms with E-state index in [2.05, 4.69) is 9.97 Å². The third kappa shape index (κ3) is 3.84. The molecular formula is C24H21ClN4O2. The SMILES string of the molecule is O=c1c2cc(-c3ccc(Cl)cc3)nc(-c3cccnc3)c2ncn1C1CCCC(O)C1. The summed E-state index contributed by atoms with van der Waals surface area (Å²) in [5, 5.41) is 11.2. The lowest BCUT2D eigenvalue weighted by Crippen LogP contribution is -2.30. The molecule has 7 heteroatoms. The number of nitrogens with zero attached hydrogens (tertiary/aromatic N) is 4. The van der Waals surface area contributed by atoms with Crippen LogP contribution in [0.5, 0.6) is 0 Å². The van der Waals surface area contributed by atoms with Crippen molar-refractivity contribution < 1.29 is 5.11 Å². The van der Waals surface area contributed by atoms with E-state index >= 15 is 0 Å². The molecule has 6 nitrogen and oxygen atoms in total. The summed E-state index contributed by atoms with van der Waals surface area (Å²) in [5.74, 6) is 0. The van der Waals surface area contributed by atoms with Crippen molar-refractivity contribution in [2.75, 3.05) is 0 Å². The Kier molecular flexibility index (Phi) is 5.26. The molecule has 1 saturated carbocycles. The summed E-state index contributed by atoms with van der Waals surface area (Å²) < 4.78 is 1.67. The first kappa shape index (κ1) is 19.8. The number of halogens is 1. The van der Waals surface area contributed by atoms with Gasteiger partial charge < -0.3 is 5.11 Å². The molecule has 1 aliphatic carbocycles. The van der Waals surface area contributed by atoms with E-state index in [1.165, 1.54) is 0 Å². The molecule has 0 spiro atoms. The molecule has 0 amide bonds. The molecule has 3 heterocycles. The van der Waals surface area contributed by atoms with Gasteiger partial charge in [0.05, 0.1) is 29.2 Å². The Labute approximate surface area is 184 Å². The Morgan fingerprint density at radius 2 is 1.94 bits per heavy atom. The van der Waals surface area contributed by atoms with Gasteiger partial charge in [0, 0.05) is 34.6 Å². The molecule has 4 aromatic rings. The molecular weight excluding hydrogens is 412 g/mol. The maximum absolute atomic E-state index is 13.5. The van der Waals surface area contributed by atoms with Gasteiger partial charge in [-0.2, -0.15) is 0 Å². The van der Waals surface area contributed by atoms with Crippen LogP contribution in [-0.4, -0.2) is 30.7 Å². The predicted octanol–water partition coefficient (Wildman–Crippen LogP) is 4.65. The highest BCUT2D eigenvalue weighted by Gasteiger charge is 2.24. The summed E-state index contributed by atoms with van der Waals surface area (Å²) in [6, 6.07) is 12.9. The van der Waals surface area contributed by atoms with E-state index < -0.39 is 0 Å². The van der Waals surface area contributed by atoms with Crippen LogP contribution in [-0.2, 0) is 0 Å². The zero-order chi connectivity index (χ0) is 21.4. The fraction of sp³-hybridized carbons (Fsp3) is 0.250. The number of fused-ring (bicyclic) bond motifs is 1. The summed E-state index contributed by atoms with van der Waals surface area (Å²) in [7, 11) is 0. The number of hydrogen-bond acceptors (Lipinski definition) is 5. The minimum absolute atomic E-state index is 0.0536. The lowest BCUT2D eigenvalue weighted by molar-refractivity contribution is 0.103. The highest BCUT2D eigenvalue weighted by Crippen LogP contribution is 2.31. The van der Waals surface area contributed by atoms with Crippen LogP contribution < -0.4 is 5.56 Å². The van der Waals surface area contributed by atoms with Gasteiger partial charge in [-0.25, -0.2) is 9.97 Å². The Bertz CT molecular complexity index is 1290. The number of pyridine rings is 2. The molecule has 1 fully saturated rings. The monoisotopic (exact) mass is 432 g/mol. The zero-order valence-electron chi connectivity index (χ0n) is 16.8. The topological polar surface area (TPSA) is 80.9 Å². The molecule has 0 radical (unpaired) electrons. The van der Waals surface area contributed by atoms with Crippen molar-refractivity contribution in [2.45, 2.75) is 37.8 Å². The Morgan fingerprint density at radius 1 is 1.10 bits per heavy atom. The summed E-state index contributed by atoms with van der Waals surface area (Å²) in [5.41, 5.74) is 3.36. The number of hydrogen-bond donors (Lipinski definition) is 1. The number of aliphatic hydroxyl groups excluding tert-OH is 1. The number of aromatic nitrogens is 4. The molecule has 156 valence electrons. The second-order valence-electron chi connectivity index (χ2n) is 7.93. The van der Waals surface area contributed by atoms with Crippen LogP contribution in [0, 0.1) is 0 Å². The van der Waals surface area contributed by atoms with Crippen molar-refractivity contribution >= 4 is 22.5 Å². The molecule has 2 unspecified atom stereocenters. The van der Waals surface area contributed by atoms with Gasteiger partial charge in [0.25, 0.3) is 5.56 Å².